The molecule has 13 heteroatoms. The minimum atomic E-state index is -1.48. The molecule has 0 radical (unpaired) electrons. The molecule has 2 atom stereocenters. The number of nitrogens with one attached hydrogen (secondary N) is 1. The summed E-state index contributed by atoms with van der Waals surface area (Å²) in [5.41, 5.74) is 1.94. The van der Waals surface area contributed by atoms with E-state index in [0.29, 0.717) is 35.6 Å². The molecule has 0 fully saturated rings. The molecule has 0 saturated heterocycles. The number of rotatable bonds is 17. The average Bonchev–Trinajstić information content (AvgIpc) is 3.16. The molecule has 0 heterocycles. The fourth-order valence-corrected chi connectivity index (χ4v) is 5.97. The van der Waals surface area contributed by atoms with E-state index >= 15 is 0 Å². The Morgan fingerprint density at radius 3 is 2.16 bits per heavy atom. The predicted molar refractivity (Wildman–Crippen MR) is 214 cm³/mol. The smallest absolute Gasteiger partial charge is 0.410 e. The second-order valence-electron chi connectivity index (χ2n) is 14.8. The third kappa shape index (κ3) is 13.7. The van der Waals surface area contributed by atoms with Crippen molar-refractivity contribution in [1.29, 1.82) is 0 Å². The lowest BCUT2D eigenvalue weighted by Gasteiger charge is -2.32. The van der Waals surface area contributed by atoms with Gasteiger partial charge < -0.3 is 34.5 Å². The number of methoxy groups -OCH3 is 1. The van der Waals surface area contributed by atoms with Crippen molar-refractivity contribution in [2.75, 3.05) is 27.2 Å². The highest BCUT2D eigenvalue weighted by Gasteiger charge is 2.30. The number of halogens is 2. The third-order valence-corrected chi connectivity index (χ3v) is 8.77. The van der Waals surface area contributed by atoms with Gasteiger partial charge in [-0.05, 0) is 99.7 Å². The van der Waals surface area contributed by atoms with Gasteiger partial charge in [0.2, 0.25) is 0 Å². The predicted octanol–water partition coefficient (Wildman–Crippen LogP) is 7.54. The van der Waals surface area contributed by atoms with Gasteiger partial charge in [-0.2, -0.15) is 0 Å². The van der Waals surface area contributed by atoms with Crippen molar-refractivity contribution in [3.8, 4) is 5.75 Å². The number of amides is 3. The molecule has 0 aliphatic carbocycles. The number of oxime groups is 1. The van der Waals surface area contributed by atoms with Crippen molar-refractivity contribution in [2.45, 2.75) is 78.4 Å². The van der Waals surface area contributed by atoms with E-state index in [1.807, 2.05) is 37.3 Å². The van der Waals surface area contributed by atoms with E-state index in [0.717, 1.165) is 23.8 Å². The topological polar surface area (TPSA) is 130 Å². The summed E-state index contributed by atoms with van der Waals surface area (Å²) in [7, 11) is 3.18. The molecule has 11 nitrogen and oxygen atoms in total. The van der Waals surface area contributed by atoms with Crippen molar-refractivity contribution in [3.05, 3.63) is 136 Å². The summed E-state index contributed by atoms with van der Waals surface area (Å²) in [5, 5.41) is 18.9. The summed E-state index contributed by atoms with van der Waals surface area (Å²) in [6, 6.07) is 22.8. The van der Waals surface area contributed by atoms with Gasteiger partial charge in [-0.3, -0.25) is 9.59 Å². The first-order valence-electron chi connectivity index (χ1n) is 18.7. The lowest BCUT2D eigenvalue weighted by Crippen LogP contribution is -2.51. The number of hydrogen-bond acceptors (Lipinski definition) is 8. The molecule has 0 unspecified atom stereocenters. The SMILES string of the molecule is CCCN(C)C(=O)c1cc(C(=O)N[C@@H](Cc2cc(F)cc(F)c2)[C@H](O)CN(Cc2cccc(OC)c2)C(=O)OC(C)(C)C)cc(/C(C)=N/OCc2ccccc2)c1. The van der Waals surface area contributed by atoms with Crippen molar-refractivity contribution in [2.24, 2.45) is 5.16 Å². The average molecular weight is 787 g/mol. The highest BCUT2D eigenvalue weighted by atomic mass is 19.1. The second-order valence-corrected chi connectivity index (χ2v) is 14.8. The van der Waals surface area contributed by atoms with Crippen molar-refractivity contribution < 1.29 is 42.6 Å². The molecule has 0 saturated carbocycles. The largest absolute Gasteiger partial charge is 0.497 e. The summed E-state index contributed by atoms with van der Waals surface area (Å²) in [4.78, 5) is 49.7. The minimum Gasteiger partial charge on any atom is -0.497 e. The van der Waals surface area contributed by atoms with E-state index < -0.39 is 41.4 Å². The van der Waals surface area contributed by atoms with Gasteiger partial charge in [0.1, 0.15) is 29.6 Å². The van der Waals surface area contributed by atoms with Gasteiger partial charge in [-0.25, -0.2) is 13.6 Å². The fourth-order valence-electron chi connectivity index (χ4n) is 5.97. The number of hydrogen-bond donors (Lipinski definition) is 2. The van der Waals surface area contributed by atoms with Gasteiger partial charge >= 0.3 is 6.09 Å². The standard InChI is InChI=1S/C44H52F2N4O7/c1-8-17-49(6)42(53)35-23-33(29(2)48-56-28-30-13-10-9-11-14-30)22-34(24-35)41(52)47-39(21-32-18-36(45)25-37(46)19-32)40(51)27-50(43(54)57-44(3,4)5)26-31-15-12-16-38(20-31)55-7/h9-16,18-20,22-25,39-40,51H,8,17,21,26-28H2,1-7H3,(H,47,52)/b48-29+/t39-,40+/m0/s1. The van der Waals surface area contributed by atoms with Crippen molar-refractivity contribution in [1.82, 2.24) is 15.1 Å². The molecule has 4 rings (SSSR count). The van der Waals surface area contributed by atoms with Gasteiger partial charge in [0, 0.05) is 42.9 Å². The van der Waals surface area contributed by atoms with Gasteiger partial charge in [-0.1, -0.05) is 54.5 Å². The van der Waals surface area contributed by atoms with Crippen LogP contribution in [-0.4, -0.2) is 83.5 Å². The first-order valence-corrected chi connectivity index (χ1v) is 18.7. The quantitative estimate of drug-likeness (QED) is 0.0836. The summed E-state index contributed by atoms with van der Waals surface area (Å²) in [5.74, 6) is -2.15. The first-order chi connectivity index (χ1) is 27.0. The van der Waals surface area contributed by atoms with Crippen LogP contribution in [-0.2, 0) is 29.1 Å². The summed E-state index contributed by atoms with van der Waals surface area (Å²) >= 11 is 0. The Kier molecular flexibility index (Phi) is 15.7. The molecule has 57 heavy (non-hydrogen) atoms. The van der Waals surface area contributed by atoms with E-state index in [9.17, 15) is 28.3 Å². The zero-order chi connectivity index (χ0) is 41.7. The van der Waals surface area contributed by atoms with Crippen LogP contribution in [0.2, 0.25) is 0 Å². The van der Waals surface area contributed by atoms with E-state index in [4.69, 9.17) is 14.3 Å². The van der Waals surface area contributed by atoms with Crippen molar-refractivity contribution >= 4 is 23.6 Å². The maximum absolute atomic E-state index is 14.4. The number of benzene rings is 4. The van der Waals surface area contributed by atoms with Crippen LogP contribution in [0.5, 0.6) is 5.75 Å². The Balaban J connectivity index is 1.70. The molecule has 0 aliphatic heterocycles. The van der Waals surface area contributed by atoms with Gasteiger partial charge in [0.15, 0.2) is 0 Å². The Morgan fingerprint density at radius 2 is 1.51 bits per heavy atom. The summed E-state index contributed by atoms with van der Waals surface area (Å²) in [6.45, 7) is 9.08. The summed E-state index contributed by atoms with van der Waals surface area (Å²) in [6.07, 6.45) is -1.72. The molecule has 3 amide bonds. The van der Waals surface area contributed by atoms with Gasteiger partial charge in [0.05, 0.1) is 31.5 Å². The molecule has 0 spiro atoms. The van der Waals surface area contributed by atoms with Crippen LogP contribution in [0.4, 0.5) is 13.6 Å². The van der Waals surface area contributed by atoms with E-state index in [1.165, 1.54) is 29.0 Å². The maximum atomic E-state index is 14.4. The number of carbonyl (C=O) groups excluding carboxylic acids is 3. The molecule has 2 N–H and O–H groups in total. The lowest BCUT2D eigenvalue weighted by molar-refractivity contribution is 0.00836. The number of aliphatic hydroxyl groups is 1. The number of nitrogens with zero attached hydrogens (tertiary/aromatic N) is 3. The normalized spacial score (nSPS) is 12.6. The van der Waals surface area contributed by atoms with Crippen molar-refractivity contribution in [3.63, 3.8) is 0 Å². The van der Waals surface area contributed by atoms with Crippen LogP contribution in [0, 0.1) is 11.6 Å². The Hall–Kier alpha value is -5.82. The lowest BCUT2D eigenvalue weighted by atomic mass is 9.98. The molecular weight excluding hydrogens is 735 g/mol. The minimum absolute atomic E-state index is 0.00217. The Labute approximate surface area is 333 Å². The first kappa shape index (κ1) is 43.9. The van der Waals surface area contributed by atoms with Crippen LogP contribution >= 0.6 is 0 Å². The third-order valence-electron chi connectivity index (χ3n) is 8.77. The Bertz CT molecular complexity index is 2000. The van der Waals surface area contributed by atoms with E-state index in [-0.39, 0.29) is 48.7 Å². The fraction of sp³-hybridized carbons (Fsp3) is 0.364. The van der Waals surface area contributed by atoms with E-state index in [2.05, 4.69) is 10.5 Å². The maximum Gasteiger partial charge on any atom is 0.410 e. The molecular formula is C44H52F2N4O7. The van der Waals surface area contributed by atoms with Crippen LogP contribution in [0.25, 0.3) is 0 Å². The number of carbonyl (C=O) groups is 3. The molecule has 4 aromatic rings. The van der Waals surface area contributed by atoms with Crippen LogP contribution < -0.4 is 10.1 Å². The second kappa shape index (κ2) is 20.4. The van der Waals surface area contributed by atoms with Crippen LogP contribution in [0.3, 0.4) is 0 Å². The van der Waals surface area contributed by atoms with Gasteiger partial charge in [-0.15, -0.1) is 0 Å². The molecule has 0 bridgehead atoms. The zero-order valence-corrected chi connectivity index (χ0v) is 33.6. The Morgan fingerprint density at radius 1 is 0.860 bits per heavy atom. The number of aliphatic hydroxyl groups excluding tert-OH is 1. The summed E-state index contributed by atoms with van der Waals surface area (Å²) < 4.78 is 39.8. The molecule has 4 aromatic carbocycles. The highest BCUT2D eigenvalue weighted by molar-refractivity contribution is 6.06. The van der Waals surface area contributed by atoms with E-state index in [1.54, 1.807) is 65.1 Å². The molecule has 0 aliphatic rings. The zero-order valence-electron chi connectivity index (χ0n) is 33.6. The molecule has 0 aromatic heterocycles. The number of ether oxygens (including phenoxy) is 2. The molecule has 304 valence electrons. The van der Waals surface area contributed by atoms with Gasteiger partial charge in [0.25, 0.3) is 11.8 Å². The monoisotopic (exact) mass is 786 g/mol. The van der Waals surface area contributed by atoms with Crippen LogP contribution in [0.15, 0.2) is 96.2 Å². The van der Waals surface area contributed by atoms with Crippen LogP contribution in [0.1, 0.15) is 84.0 Å². The highest BCUT2D eigenvalue weighted by Crippen LogP contribution is 2.21.